The van der Waals surface area contributed by atoms with Crippen molar-refractivity contribution in [2.75, 3.05) is 6.54 Å². The molecule has 0 saturated heterocycles. The fourth-order valence-electron chi connectivity index (χ4n) is 2.30. The standard InChI is InChI=1S/C16H23F2N/c1-12-10-13(16(18)11-15(12)17)6-4-2-3-5-9-19-14-7-8-14/h10-11,14,19H,2-9H2,1H3. The van der Waals surface area contributed by atoms with Crippen molar-refractivity contribution in [3.8, 4) is 0 Å². The van der Waals surface area contributed by atoms with Crippen LogP contribution in [0.3, 0.4) is 0 Å². The van der Waals surface area contributed by atoms with Gasteiger partial charge in [0.15, 0.2) is 0 Å². The smallest absolute Gasteiger partial charge is 0.129 e. The van der Waals surface area contributed by atoms with Crippen molar-refractivity contribution in [1.29, 1.82) is 0 Å². The molecule has 1 fully saturated rings. The predicted molar refractivity (Wildman–Crippen MR) is 74.3 cm³/mol. The summed E-state index contributed by atoms with van der Waals surface area (Å²) in [7, 11) is 0. The van der Waals surface area contributed by atoms with Crippen LogP contribution in [0.2, 0.25) is 0 Å². The number of hydrogen-bond acceptors (Lipinski definition) is 1. The van der Waals surface area contributed by atoms with Crippen LogP contribution in [-0.4, -0.2) is 12.6 Å². The Balaban J connectivity index is 1.60. The summed E-state index contributed by atoms with van der Waals surface area (Å²) < 4.78 is 26.6. The molecule has 3 heteroatoms. The molecule has 1 aromatic carbocycles. The van der Waals surface area contributed by atoms with Crippen molar-refractivity contribution in [3.63, 3.8) is 0 Å². The van der Waals surface area contributed by atoms with Crippen LogP contribution in [-0.2, 0) is 6.42 Å². The largest absolute Gasteiger partial charge is 0.314 e. The maximum atomic E-state index is 13.5. The normalized spacial score (nSPS) is 14.9. The maximum Gasteiger partial charge on any atom is 0.129 e. The molecule has 0 unspecified atom stereocenters. The first-order valence-corrected chi connectivity index (χ1v) is 7.34. The molecule has 0 atom stereocenters. The first kappa shape index (κ1) is 14.4. The summed E-state index contributed by atoms with van der Waals surface area (Å²) in [5, 5.41) is 3.49. The molecule has 1 aliphatic rings. The van der Waals surface area contributed by atoms with Crippen molar-refractivity contribution < 1.29 is 8.78 Å². The summed E-state index contributed by atoms with van der Waals surface area (Å²) >= 11 is 0. The van der Waals surface area contributed by atoms with Gasteiger partial charge in [0.1, 0.15) is 11.6 Å². The van der Waals surface area contributed by atoms with Gasteiger partial charge in [0.05, 0.1) is 0 Å². The minimum absolute atomic E-state index is 0.404. The van der Waals surface area contributed by atoms with E-state index in [1.165, 1.54) is 25.7 Å². The lowest BCUT2D eigenvalue weighted by molar-refractivity contribution is 0.553. The zero-order valence-electron chi connectivity index (χ0n) is 11.6. The average molecular weight is 267 g/mol. The van der Waals surface area contributed by atoms with Crippen molar-refractivity contribution >= 4 is 0 Å². The SMILES string of the molecule is Cc1cc(CCCCCCNC2CC2)c(F)cc1F. The van der Waals surface area contributed by atoms with E-state index in [0.717, 1.165) is 31.5 Å². The number of aryl methyl sites for hydroxylation is 2. The fourth-order valence-corrected chi connectivity index (χ4v) is 2.30. The molecule has 1 aromatic rings. The number of nitrogens with one attached hydrogen (secondary N) is 1. The van der Waals surface area contributed by atoms with Crippen LogP contribution in [0.1, 0.15) is 49.7 Å². The summed E-state index contributed by atoms with van der Waals surface area (Å²) in [6.45, 7) is 2.79. The van der Waals surface area contributed by atoms with Gasteiger partial charge in [0, 0.05) is 12.1 Å². The van der Waals surface area contributed by atoms with E-state index in [4.69, 9.17) is 0 Å². The van der Waals surface area contributed by atoms with Gasteiger partial charge >= 0.3 is 0 Å². The summed E-state index contributed by atoms with van der Waals surface area (Å²) in [5.74, 6) is -0.856. The second-order valence-corrected chi connectivity index (χ2v) is 5.59. The van der Waals surface area contributed by atoms with Crippen molar-refractivity contribution in [2.24, 2.45) is 0 Å². The van der Waals surface area contributed by atoms with Gasteiger partial charge in [-0.15, -0.1) is 0 Å². The molecule has 0 aliphatic heterocycles. The molecular weight excluding hydrogens is 244 g/mol. The zero-order chi connectivity index (χ0) is 13.7. The van der Waals surface area contributed by atoms with Gasteiger partial charge in [-0.25, -0.2) is 8.78 Å². The third-order valence-electron chi connectivity index (χ3n) is 3.71. The van der Waals surface area contributed by atoms with E-state index in [9.17, 15) is 8.78 Å². The number of rotatable bonds is 8. The van der Waals surface area contributed by atoms with Crippen LogP contribution < -0.4 is 5.32 Å². The minimum atomic E-state index is -0.451. The van der Waals surface area contributed by atoms with Crippen LogP contribution in [0, 0.1) is 18.6 Å². The Morgan fingerprint density at radius 1 is 1.05 bits per heavy atom. The first-order valence-electron chi connectivity index (χ1n) is 7.34. The van der Waals surface area contributed by atoms with Gasteiger partial charge in [0.2, 0.25) is 0 Å². The highest BCUT2D eigenvalue weighted by molar-refractivity contribution is 5.25. The number of halogens is 2. The van der Waals surface area contributed by atoms with E-state index in [1.807, 2.05) is 0 Å². The Bertz CT molecular complexity index is 413. The number of unbranched alkanes of at least 4 members (excludes halogenated alkanes) is 3. The predicted octanol–water partition coefficient (Wildman–Crippen LogP) is 4.13. The van der Waals surface area contributed by atoms with Gasteiger partial charge in [-0.2, -0.15) is 0 Å². The second kappa shape index (κ2) is 6.99. The highest BCUT2D eigenvalue weighted by atomic mass is 19.1. The Morgan fingerprint density at radius 2 is 1.79 bits per heavy atom. The minimum Gasteiger partial charge on any atom is -0.314 e. The lowest BCUT2D eigenvalue weighted by Crippen LogP contribution is -2.17. The quantitative estimate of drug-likeness (QED) is 0.698. The Morgan fingerprint density at radius 3 is 2.53 bits per heavy atom. The van der Waals surface area contributed by atoms with Crippen LogP contribution in [0.15, 0.2) is 12.1 Å². The molecule has 0 radical (unpaired) electrons. The Labute approximate surface area is 114 Å². The maximum absolute atomic E-state index is 13.5. The Hall–Kier alpha value is -0.960. The van der Waals surface area contributed by atoms with Gasteiger partial charge in [0.25, 0.3) is 0 Å². The van der Waals surface area contributed by atoms with E-state index in [2.05, 4.69) is 5.32 Å². The molecule has 1 saturated carbocycles. The lowest BCUT2D eigenvalue weighted by atomic mass is 10.0. The Kier molecular flexibility index (Phi) is 5.32. The number of benzene rings is 1. The topological polar surface area (TPSA) is 12.0 Å². The monoisotopic (exact) mass is 267 g/mol. The van der Waals surface area contributed by atoms with Gasteiger partial charge < -0.3 is 5.32 Å². The van der Waals surface area contributed by atoms with E-state index in [1.54, 1.807) is 13.0 Å². The van der Waals surface area contributed by atoms with Gasteiger partial charge in [-0.1, -0.05) is 18.9 Å². The fraction of sp³-hybridized carbons (Fsp3) is 0.625. The van der Waals surface area contributed by atoms with Crippen molar-refractivity contribution in [3.05, 3.63) is 34.9 Å². The highest BCUT2D eigenvalue weighted by Gasteiger charge is 2.19. The third-order valence-corrected chi connectivity index (χ3v) is 3.71. The average Bonchev–Trinajstić information content (AvgIpc) is 3.18. The first-order chi connectivity index (χ1) is 9.16. The molecule has 0 bridgehead atoms. The molecule has 19 heavy (non-hydrogen) atoms. The van der Waals surface area contributed by atoms with Crippen LogP contribution in [0.5, 0.6) is 0 Å². The number of hydrogen-bond donors (Lipinski definition) is 1. The van der Waals surface area contributed by atoms with Gasteiger partial charge in [-0.05, 0) is 56.7 Å². The summed E-state index contributed by atoms with van der Waals surface area (Å²) in [6.07, 6.45) is 7.85. The van der Waals surface area contributed by atoms with Crippen LogP contribution >= 0.6 is 0 Å². The summed E-state index contributed by atoms with van der Waals surface area (Å²) in [4.78, 5) is 0. The summed E-state index contributed by atoms with van der Waals surface area (Å²) in [5.41, 5.74) is 1.18. The molecule has 1 nitrogen and oxygen atoms in total. The molecule has 0 spiro atoms. The van der Waals surface area contributed by atoms with Crippen molar-refractivity contribution in [2.45, 2.75) is 57.9 Å². The van der Waals surface area contributed by atoms with E-state index in [-0.39, 0.29) is 0 Å². The van der Waals surface area contributed by atoms with E-state index in [0.29, 0.717) is 17.5 Å². The van der Waals surface area contributed by atoms with Crippen LogP contribution in [0.4, 0.5) is 8.78 Å². The lowest BCUT2D eigenvalue weighted by Gasteiger charge is -2.06. The molecule has 0 aromatic heterocycles. The molecule has 1 aliphatic carbocycles. The van der Waals surface area contributed by atoms with Crippen LogP contribution in [0.25, 0.3) is 0 Å². The van der Waals surface area contributed by atoms with E-state index < -0.39 is 11.6 Å². The molecule has 0 amide bonds. The third kappa shape index (κ3) is 4.90. The highest BCUT2D eigenvalue weighted by Crippen LogP contribution is 2.19. The zero-order valence-corrected chi connectivity index (χ0v) is 11.6. The van der Waals surface area contributed by atoms with E-state index >= 15 is 0 Å². The molecule has 1 N–H and O–H groups in total. The molecular formula is C16H23F2N. The summed E-state index contributed by atoms with van der Waals surface area (Å²) in [6, 6.07) is 3.43. The molecule has 2 rings (SSSR count). The van der Waals surface area contributed by atoms with Crippen molar-refractivity contribution in [1.82, 2.24) is 5.32 Å². The molecule has 0 heterocycles. The molecule has 106 valence electrons. The second-order valence-electron chi connectivity index (χ2n) is 5.59. The van der Waals surface area contributed by atoms with Gasteiger partial charge in [-0.3, -0.25) is 0 Å².